The second-order valence-corrected chi connectivity index (χ2v) is 5.08. The van der Waals surface area contributed by atoms with Crippen molar-refractivity contribution in [1.82, 2.24) is 9.97 Å². The lowest BCUT2D eigenvalue weighted by atomic mass is 10.0. The predicted octanol–water partition coefficient (Wildman–Crippen LogP) is 3.91. The molecule has 0 spiro atoms. The number of benzene rings is 2. The number of nitrogens with zero attached hydrogens (tertiary/aromatic N) is 2. The van der Waals surface area contributed by atoms with E-state index in [9.17, 15) is 4.79 Å². The van der Waals surface area contributed by atoms with Crippen LogP contribution in [0.15, 0.2) is 60.7 Å². The van der Waals surface area contributed by atoms with Gasteiger partial charge >= 0.3 is 5.97 Å². The van der Waals surface area contributed by atoms with Crippen LogP contribution in [-0.4, -0.2) is 23.0 Å². The third-order valence-electron chi connectivity index (χ3n) is 3.56. The predicted molar refractivity (Wildman–Crippen MR) is 89.0 cm³/mol. The van der Waals surface area contributed by atoms with E-state index in [0.29, 0.717) is 22.8 Å². The molecule has 0 fully saturated rings. The molecule has 0 aliphatic rings. The minimum atomic E-state index is -0.430. The molecule has 3 rings (SSSR count). The summed E-state index contributed by atoms with van der Waals surface area (Å²) in [5.74, 6) is 0.163. The van der Waals surface area contributed by atoms with Gasteiger partial charge in [-0.3, -0.25) is 0 Å². The Morgan fingerprint density at radius 1 is 0.870 bits per heavy atom. The van der Waals surface area contributed by atoms with Crippen LogP contribution >= 0.6 is 0 Å². The number of carbonyl (C=O) groups excluding carboxylic acids is 1. The van der Waals surface area contributed by atoms with Gasteiger partial charge in [0.2, 0.25) is 0 Å². The van der Waals surface area contributed by atoms with E-state index in [2.05, 4.69) is 9.97 Å². The molecule has 0 saturated heterocycles. The number of methoxy groups -OCH3 is 1. The fourth-order valence-electron chi connectivity index (χ4n) is 2.44. The summed E-state index contributed by atoms with van der Waals surface area (Å²) >= 11 is 0. The maximum atomic E-state index is 12.2. The van der Waals surface area contributed by atoms with E-state index in [-0.39, 0.29) is 0 Å². The molecule has 4 nitrogen and oxygen atoms in total. The number of rotatable bonds is 3. The van der Waals surface area contributed by atoms with Gasteiger partial charge in [-0.15, -0.1) is 0 Å². The van der Waals surface area contributed by atoms with Crippen molar-refractivity contribution in [2.24, 2.45) is 0 Å². The maximum Gasteiger partial charge on any atom is 0.341 e. The molecule has 0 aliphatic heterocycles. The summed E-state index contributed by atoms with van der Waals surface area (Å²) in [6.07, 6.45) is 0. The second-order valence-electron chi connectivity index (χ2n) is 5.08. The van der Waals surface area contributed by atoms with Crippen molar-refractivity contribution < 1.29 is 9.53 Å². The highest BCUT2D eigenvalue weighted by molar-refractivity contribution is 5.97. The minimum absolute atomic E-state index is 0.401. The molecule has 0 radical (unpaired) electrons. The van der Waals surface area contributed by atoms with Crippen LogP contribution in [0.2, 0.25) is 0 Å². The largest absolute Gasteiger partial charge is 0.465 e. The van der Waals surface area contributed by atoms with Crippen molar-refractivity contribution in [1.29, 1.82) is 0 Å². The van der Waals surface area contributed by atoms with Crippen LogP contribution in [0.1, 0.15) is 16.1 Å². The van der Waals surface area contributed by atoms with Crippen molar-refractivity contribution in [2.45, 2.75) is 6.92 Å². The fraction of sp³-hybridized carbons (Fsp3) is 0.105. The standard InChI is InChI=1S/C19H16N2O2/c1-13-16(19(22)23-2)17(14-9-5-3-6-10-14)21-18(20-13)15-11-7-4-8-12-15/h3-12H,1-2H3. The van der Waals surface area contributed by atoms with Gasteiger partial charge in [0.15, 0.2) is 5.82 Å². The zero-order chi connectivity index (χ0) is 16.2. The van der Waals surface area contributed by atoms with Crippen molar-refractivity contribution in [3.63, 3.8) is 0 Å². The molecule has 0 bridgehead atoms. The van der Waals surface area contributed by atoms with E-state index in [1.54, 1.807) is 6.92 Å². The van der Waals surface area contributed by atoms with Crippen LogP contribution in [0.4, 0.5) is 0 Å². The molecule has 3 aromatic rings. The first kappa shape index (κ1) is 14.9. The van der Waals surface area contributed by atoms with Gasteiger partial charge in [-0.2, -0.15) is 0 Å². The molecule has 4 heteroatoms. The summed E-state index contributed by atoms with van der Waals surface area (Å²) in [7, 11) is 1.36. The maximum absolute atomic E-state index is 12.2. The Morgan fingerprint density at radius 3 is 2.00 bits per heavy atom. The van der Waals surface area contributed by atoms with Gasteiger partial charge in [-0.1, -0.05) is 60.7 Å². The summed E-state index contributed by atoms with van der Waals surface area (Å²) in [6.45, 7) is 1.80. The van der Waals surface area contributed by atoms with E-state index >= 15 is 0 Å². The molecule has 23 heavy (non-hydrogen) atoms. The van der Waals surface area contributed by atoms with Crippen LogP contribution in [0.5, 0.6) is 0 Å². The highest BCUT2D eigenvalue weighted by atomic mass is 16.5. The van der Waals surface area contributed by atoms with Crippen molar-refractivity contribution in [3.05, 3.63) is 71.9 Å². The van der Waals surface area contributed by atoms with Crippen LogP contribution < -0.4 is 0 Å². The smallest absolute Gasteiger partial charge is 0.341 e. The van der Waals surface area contributed by atoms with Gasteiger partial charge in [0.1, 0.15) is 5.56 Å². The number of hydrogen-bond donors (Lipinski definition) is 0. The van der Waals surface area contributed by atoms with Crippen LogP contribution in [-0.2, 0) is 4.74 Å². The molecule has 114 valence electrons. The van der Waals surface area contributed by atoms with Gasteiger partial charge in [-0.05, 0) is 6.92 Å². The molecule has 1 heterocycles. The molecular weight excluding hydrogens is 288 g/mol. The Labute approximate surface area is 134 Å². The summed E-state index contributed by atoms with van der Waals surface area (Å²) in [5, 5.41) is 0. The first-order valence-electron chi connectivity index (χ1n) is 7.28. The first-order valence-corrected chi connectivity index (χ1v) is 7.28. The zero-order valence-electron chi connectivity index (χ0n) is 13.0. The SMILES string of the molecule is COC(=O)c1c(C)nc(-c2ccccc2)nc1-c1ccccc1. The molecule has 0 unspecified atom stereocenters. The number of hydrogen-bond acceptors (Lipinski definition) is 4. The van der Waals surface area contributed by atoms with Gasteiger partial charge in [0, 0.05) is 11.1 Å². The second kappa shape index (κ2) is 6.40. The van der Waals surface area contributed by atoms with Gasteiger partial charge in [0.25, 0.3) is 0 Å². The number of carbonyl (C=O) groups is 1. The third-order valence-corrected chi connectivity index (χ3v) is 3.56. The van der Waals surface area contributed by atoms with Crippen LogP contribution in [0.3, 0.4) is 0 Å². The van der Waals surface area contributed by atoms with E-state index in [1.165, 1.54) is 7.11 Å². The zero-order valence-corrected chi connectivity index (χ0v) is 13.0. The van der Waals surface area contributed by atoms with Crippen molar-refractivity contribution in [2.75, 3.05) is 7.11 Å². The van der Waals surface area contributed by atoms with Crippen LogP contribution in [0.25, 0.3) is 22.6 Å². The van der Waals surface area contributed by atoms with E-state index in [0.717, 1.165) is 11.1 Å². The quantitative estimate of drug-likeness (QED) is 0.688. The van der Waals surface area contributed by atoms with Gasteiger partial charge in [0.05, 0.1) is 18.5 Å². The molecule has 0 atom stereocenters. The normalized spacial score (nSPS) is 10.3. The lowest BCUT2D eigenvalue weighted by Gasteiger charge is -2.12. The van der Waals surface area contributed by atoms with Gasteiger partial charge in [-0.25, -0.2) is 14.8 Å². The summed E-state index contributed by atoms with van der Waals surface area (Å²) < 4.78 is 4.91. The van der Waals surface area contributed by atoms with Crippen LogP contribution in [0, 0.1) is 6.92 Å². The fourth-order valence-corrected chi connectivity index (χ4v) is 2.44. The Balaban J connectivity index is 2.25. The lowest BCUT2D eigenvalue weighted by Crippen LogP contribution is -2.10. The first-order chi connectivity index (χ1) is 11.2. The number of aromatic nitrogens is 2. The number of aryl methyl sites for hydroxylation is 1. The summed E-state index contributed by atoms with van der Waals surface area (Å²) in [5.41, 5.74) is 3.35. The minimum Gasteiger partial charge on any atom is -0.465 e. The number of esters is 1. The topological polar surface area (TPSA) is 52.1 Å². The number of ether oxygens (including phenoxy) is 1. The molecule has 1 aromatic heterocycles. The summed E-state index contributed by atoms with van der Waals surface area (Å²) in [6, 6.07) is 19.3. The third kappa shape index (κ3) is 2.97. The molecular formula is C19H16N2O2. The average molecular weight is 304 g/mol. The van der Waals surface area contributed by atoms with E-state index in [1.807, 2.05) is 60.7 Å². The molecule has 0 saturated carbocycles. The molecule has 2 aromatic carbocycles. The molecule has 0 aliphatic carbocycles. The Kier molecular flexibility index (Phi) is 4.15. The van der Waals surface area contributed by atoms with Gasteiger partial charge < -0.3 is 4.74 Å². The monoisotopic (exact) mass is 304 g/mol. The van der Waals surface area contributed by atoms with E-state index < -0.39 is 5.97 Å². The van der Waals surface area contributed by atoms with Crippen molar-refractivity contribution in [3.8, 4) is 22.6 Å². The molecule has 0 N–H and O–H groups in total. The average Bonchev–Trinajstić information content (AvgIpc) is 2.62. The molecule has 0 amide bonds. The summed E-state index contributed by atoms with van der Waals surface area (Å²) in [4.78, 5) is 21.3. The Morgan fingerprint density at radius 2 is 1.43 bits per heavy atom. The van der Waals surface area contributed by atoms with E-state index in [4.69, 9.17) is 4.74 Å². The van der Waals surface area contributed by atoms with Crippen molar-refractivity contribution >= 4 is 5.97 Å². The highest BCUT2D eigenvalue weighted by Crippen LogP contribution is 2.27. The lowest BCUT2D eigenvalue weighted by molar-refractivity contribution is 0.0600. The highest BCUT2D eigenvalue weighted by Gasteiger charge is 2.20. The Bertz CT molecular complexity index is 831. The Hall–Kier alpha value is -3.01.